The Hall–Kier alpha value is -2.50. The van der Waals surface area contributed by atoms with Gasteiger partial charge in [-0.15, -0.1) is 0 Å². The van der Waals surface area contributed by atoms with Crippen LogP contribution in [0.2, 0.25) is 0 Å². The maximum absolute atomic E-state index is 13.8. The van der Waals surface area contributed by atoms with Crippen LogP contribution >= 0.6 is 0 Å². The van der Waals surface area contributed by atoms with Crippen LogP contribution in [-0.2, 0) is 4.79 Å². The Labute approximate surface area is 108 Å². The highest BCUT2D eigenvalue weighted by Crippen LogP contribution is 2.20. The molecule has 0 saturated carbocycles. The molecule has 0 aliphatic heterocycles. The monoisotopic (exact) mass is 262 g/mol. The molecule has 0 bridgehead atoms. The molecule has 2 aromatic rings. The third-order valence-corrected chi connectivity index (χ3v) is 2.67. The predicted molar refractivity (Wildman–Crippen MR) is 66.3 cm³/mol. The average molecular weight is 262 g/mol. The fraction of sp³-hybridized carbons (Fsp3) is 0.154. The number of nitrogens with one attached hydrogen (secondary N) is 1. The van der Waals surface area contributed by atoms with Gasteiger partial charge in [-0.25, -0.2) is 4.39 Å². The third kappa shape index (κ3) is 2.52. The van der Waals surface area contributed by atoms with Crippen molar-refractivity contribution in [3.8, 4) is 0 Å². The Kier molecular flexibility index (Phi) is 3.41. The summed E-state index contributed by atoms with van der Waals surface area (Å²) >= 11 is 0. The molecule has 0 fully saturated rings. The molecule has 98 valence electrons. The van der Waals surface area contributed by atoms with Crippen molar-refractivity contribution in [2.75, 3.05) is 0 Å². The number of fused-ring (bicyclic) bond motifs is 1. The van der Waals surface area contributed by atoms with Crippen molar-refractivity contribution in [2.45, 2.75) is 13.0 Å². The minimum Gasteiger partial charge on any atom is -0.480 e. The van der Waals surface area contributed by atoms with Gasteiger partial charge in [-0.2, -0.15) is 0 Å². The SMILES string of the molecule is CC(NC(=O)c1nccc2cccc(F)c12)C(=O)O. The summed E-state index contributed by atoms with van der Waals surface area (Å²) in [5, 5.41) is 11.6. The molecule has 6 heteroatoms. The normalized spacial score (nSPS) is 12.1. The molecule has 19 heavy (non-hydrogen) atoms. The summed E-state index contributed by atoms with van der Waals surface area (Å²) in [6, 6.07) is 4.91. The molecule has 1 aromatic carbocycles. The van der Waals surface area contributed by atoms with Gasteiger partial charge in [-0.05, 0) is 24.4 Å². The molecule has 2 rings (SSSR count). The number of amides is 1. The highest BCUT2D eigenvalue weighted by Gasteiger charge is 2.19. The van der Waals surface area contributed by atoms with Gasteiger partial charge >= 0.3 is 5.97 Å². The molecule has 1 heterocycles. The Morgan fingerprint density at radius 3 is 2.79 bits per heavy atom. The van der Waals surface area contributed by atoms with Gasteiger partial charge < -0.3 is 10.4 Å². The van der Waals surface area contributed by atoms with Crippen molar-refractivity contribution in [1.29, 1.82) is 0 Å². The van der Waals surface area contributed by atoms with Crippen LogP contribution in [-0.4, -0.2) is 28.0 Å². The molecular formula is C13H11FN2O3. The molecule has 0 aliphatic carbocycles. The quantitative estimate of drug-likeness (QED) is 0.880. The van der Waals surface area contributed by atoms with Gasteiger partial charge in [-0.1, -0.05) is 12.1 Å². The lowest BCUT2D eigenvalue weighted by molar-refractivity contribution is -0.138. The third-order valence-electron chi connectivity index (χ3n) is 2.67. The lowest BCUT2D eigenvalue weighted by Crippen LogP contribution is -2.38. The lowest BCUT2D eigenvalue weighted by Gasteiger charge is -2.10. The Morgan fingerprint density at radius 1 is 1.37 bits per heavy atom. The largest absolute Gasteiger partial charge is 0.480 e. The Bertz CT molecular complexity index is 652. The maximum Gasteiger partial charge on any atom is 0.325 e. The number of nitrogens with zero attached hydrogens (tertiary/aromatic N) is 1. The number of carboxylic acids is 1. The van der Waals surface area contributed by atoms with Crippen molar-refractivity contribution >= 4 is 22.6 Å². The number of aliphatic carboxylic acids is 1. The number of carbonyl (C=O) groups excluding carboxylic acids is 1. The van der Waals surface area contributed by atoms with Crippen LogP contribution in [0.1, 0.15) is 17.4 Å². The molecule has 1 unspecified atom stereocenters. The summed E-state index contributed by atoms with van der Waals surface area (Å²) in [5.41, 5.74) is -0.122. The van der Waals surface area contributed by atoms with E-state index in [1.54, 1.807) is 12.1 Å². The molecule has 1 atom stereocenters. The summed E-state index contributed by atoms with van der Waals surface area (Å²) in [4.78, 5) is 26.4. The summed E-state index contributed by atoms with van der Waals surface area (Å²) in [6.45, 7) is 1.32. The summed E-state index contributed by atoms with van der Waals surface area (Å²) < 4.78 is 13.8. The zero-order valence-corrected chi connectivity index (χ0v) is 10.1. The van der Waals surface area contributed by atoms with E-state index < -0.39 is 23.7 Å². The first-order chi connectivity index (χ1) is 9.00. The molecule has 5 nitrogen and oxygen atoms in total. The van der Waals surface area contributed by atoms with Crippen LogP contribution < -0.4 is 5.32 Å². The van der Waals surface area contributed by atoms with Crippen LogP contribution in [0.4, 0.5) is 4.39 Å². The summed E-state index contributed by atoms with van der Waals surface area (Å²) in [5.74, 6) is -2.46. The number of benzene rings is 1. The van der Waals surface area contributed by atoms with Crippen LogP contribution in [0.15, 0.2) is 30.5 Å². The number of rotatable bonds is 3. The number of carbonyl (C=O) groups is 2. The molecule has 0 aliphatic rings. The van der Waals surface area contributed by atoms with Crippen molar-refractivity contribution < 1.29 is 19.1 Å². The molecule has 1 amide bonds. The van der Waals surface area contributed by atoms with Crippen molar-refractivity contribution in [3.63, 3.8) is 0 Å². The molecule has 1 aromatic heterocycles. The van der Waals surface area contributed by atoms with Crippen LogP contribution in [0.5, 0.6) is 0 Å². The van der Waals surface area contributed by atoms with Crippen molar-refractivity contribution in [3.05, 3.63) is 42.0 Å². The standard InChI is InChI=1S/C13H11FN2O3/c1-7(13(18)19)16-12(17)11-10-8(5-6-15-11)3-2-4-9(10)14/h2-7H,1H3,(H,16,17)(H,18,19). The number of halogens is 1. The number of pyridine rings is 1. The zero-order chi connectivity index (χ0) is 14.0. The number of aromatic nitrogens is 1. The lowest BCUT2D eigenvalue weighted by atomic mass is 10.1. The van der Waals surface area contributed by atoms with Crippen molar-refractivity contribution in [2.24, 2.45) is 0 Å². The zero-order valence-electron chi connectivity index (χ0n) is 10.1. The average Bonchev–Trinajstić information content (AvgIpc) is 2.38. The Morgan fingerprint density at radius 2 is 2.11 bits per heavy atom. The van der Waals surface area contributed by atoms with E-state index in [4.69, 9.17) is 5.11 Å². The molecule has 0 spiro atoms. The van der Waals surface area contributed by atoms with E-state index >= 15 is 0 Å². The highest BCUT2D eigenvalue weighted by atomic mass is 19.1. The van der Waals surface area contributed by atoms with Crippen LogP contribution in [0.25, 0.3) is 10.8 Å². The van der Waals surface area contributed by atoms with Gasteiger partial charge in [0.15, 0.2) is 0 Å². The predicted octanol–water partition coefficient (Wildman–Crippen LogP) is 1.58. The minimum absolute atomic E-state index is 0.0834. The number of carboxylic acid groups (broad SMARTS) is 1. The Balaban J connectivity index is 2.45. The summed E-state index contributed by atoms with van der Waals surface area (Å²) in [6.07, 6.45) is 1.38. The topological polar surface area (TPSA) is 79.3 Å². The maximum atomic E-state index is 13.8. The number of hydrogen-bond acceptors (Lipinski definition) is 3. The second-order valence-electron chi connectivity index (χ2n) is 4.03. The van der Waals surface area contributed by atoms with E-state index in [1.807, 2.05) is 0 Å². The van der Waals surface area contributed by atoms with E-state index in [0.717, 1.165) is 0 Å². The smallest absolute Gasteiger partial charge is 0.325 e. The second kappa shape index (κ2) is 5.01. The fourth-order valence-electron chi connectivity index (χ4n) is 1.69. The summed E-state index contributed by atoms with van der Waals surface area (Å²) in [7, 11) is 0. The first-order valence-corrected chi connectivity index (χ1v) is 5.57. The van der Waals surface area contributed by atoms with Gasteiger partial charge in [0.2, 0.25) is 0 Å². The van der Waals surface area contributed by atoms with Gasteiger partial charge in [0, 0.05) is 11.6 Å². The van der Waals surface area contributed by atoms with Gasteiger partial charge in [-0.3, -0.25) is 14.6 Å². The van der Waals surface area contributed by atoms with E-state index in [-0.39, 0.29) is 11.1 Å². The van der Waals surface area contributed by atoms with E-state index in [1.165, 1.54) is 25.3 Å². The van der Waals surface area contributed by atoms with E-state index in [2.05, 4.69) is 10.3 Å². The van der Waals surface area contributed by atoms with Gasteiger partial charge in [0.05, 0.1) is 0 Å². The minimum atomic E-state index is -1.17. The van der Waals surface area contributed by atoms with Gasteiger partial charge in [0.1, 0.15) is 17.6 Å². The molecular weight excluding hydrogens is 251 g/mol. The van der Waals surface area contributed by atoms with Crippen LogP contribution in [0, 0.1) is 5.82 Å². The highest BCUT2D eigenvalue weighted by molar-refractivity contribution is 6.06. The van der Waals surface area contributed by atoms with Crippen molar-refractivity contribution in [1.82, 2.24) is 10.3 Å². The van der Waals surface area contributed by atoms with Gasteiger partial charge in [0.25, 0.3) is 5.91 Å². The van der Waals surface area contributed by atoms with Crippen LogP contribution in [0.3, 0.4) is 0 Å². The second-order valence-corrected chi connectivity index (χ2v) is 4.03. The molecule has 0 radical (unpaired) electrons. The molecule has 0 saturated heterocycles. The first kappa shape index (κ1) is 12.9. The fourth-order valence-corrected chi connectivity index (χ4v) is 1.69. The number of hydrogen-bond donors (Lipinski definition) is 2. The first-order valence-electron chi connectivity index (χ1n) is 5.57. The van der Waals surface area contributed by atoms with E-state index in [0.29, 0.717) is 5.39 Å². The molecule has 2 N–H and O–H groups in total. The van der Waals surface area contributed by atoms with E-state index in [9.17, 15) is 14.0 Å².